The molecule has 0 bridgehead atoms. The molecule has 19 heavy (non-hydrogen) atoms. The zero-order valence-corrected chi connectivity index (χ0v) is 13.0. The summed E-state index contributed by atoms with van der Waals surface area (Å²) in [6.45, 7) is 11.8. The molecule has 1 N–H and O–H groups in total. The largest absolute Gasteiger partial charge is 0.492 e. The Labute approximate surface area is 121 Å². The molecule has 0 unspecified atom stereocenters. The van der Waals surface area contributed by atoms with Crippen molar-refractivity contribution < 1.29 is 4.74 Å². The molecular weight excluding hydrogens is 260 g/mol. The SMILES string of the molecule is CCNCc1c(Cl)cccc1OCCN(CC)CC. The molecule has 1 rings (SSSR count). The smallest absolute Gasteiger partial charge is 0.125 e. The van der Waals surface area contributed by atoms with Crippen LogP contribution in [0.4, 0.5) is 0 Å². The predicted octanol–water partition coefficient (Wildman–Crippen LogP) is 3.17. The summed E-state index contributed by atoms with van der Waals surface area (Å²) in [6.07, 6.45) is 0. The molecule has 0 aromatic heterocycles. The summed E-state index contributed by atoms with van der Waals surface area (Å²) in [5, 5.41) is 4.06. The molecule has 4 heteroatoms. The van der Waals surface area contributed by atoms with Crippen LogP contribution in [0.1, 0.15) is 26.3 Å². The van der Waals surface area contributed by atoms with Gasteiger partial charge in [-0.05, 0) is 31.8 Å². The Balaban J connectivity index is 2.59. The molecule has 1 aromatic carbocycles. The second kappa shape index (κ2) is 9.18. The normalized spacial score (nSPS) is 11.0. The number of halogens is 1. The fourth-order valence-electron chi connectivity index (χ4n) is 1.92. The van der Waals surface area contributed by atoms with E-state index in [-0.39, 0.29) is 0 Å². The fourth-order valence-corrected chi connectivity index (χ4v) is 2.15. The number of nitrogens with one attached hydrogen (secondary N) is 1. The molecule has 0 radical (unpaired) electrons. The fraction of sp³-hybridized carbons (Fsp3) is 0.600. The molecule has 0 aliphatic heterocycles. The van der Waals surface area contributed by atoms with Crippen LogP contribution in [0.25, 0.3) is 0 Å². The molecule has 3 nitrogen and oxygen atoms in total. The van der Waals surface area contributed by atoms with Gasteiger partial charge in [0.25, 0.3) is 0 Å². The molecule has 0 saturated carbocycles. The third kappa shape index (κ3) is 5.39. The van der Waals surface area contributed by atoms with Crippen molar-refractivity contribution in [3.05, 3.63) is 28.8 Å². The Bertz CT molecular complexity index is 367. The van der Waals surface area contributed by atoms with Gasteiger partial charge in [-0.1, -0.05) is 38.4 Å². The van der Waals surface area contributed by atoms with Gasteiger partial charge in [0.15, 0.2) is 0 Å². The molecule has 108 valence electrons. The molecule has 1 aromatic rings. The van der Waals surface area contributed by atoms with Gasteiger partial charge < -0.3 is 15.0 Å². The van der Waals surface area contributed by atoms with Crippen molar-refractivity contribution in [1.82, 2.24) is 10.2 Å². The monoisotopic (exact) mass is 284 g/mol. The zero-order valence-electron chi connectivity index (χ0n) is 12.2. The molecule has 0 atom stereocenters. The van der Waals surface area contributed by atoms with Crippen molar-refractivity contribution in [2.45, 2.75) is 27.3 Å². The van der Waals surface area contributed by atoms with Crippen molar-refractivity contribution in [3.8, 4) is 5.75 Å². The second-order valence-electron chi connectivity index (χ2n) is 4.37. The molecule has 0 spiro atoms. The Kier molecular flexibility index (Phi) is 7.87. The lowest BCUT2D eigenvalue weighted by atomic mass is 10.2. The highest BCUT2D eigenvalue weighted by atomic mass is 35.5. The summed E-state index contributed by atoms with van der Waals surface area (Å²) in [6, 6.07) is 5.83. The van der Waals surface area contributed by atoms with Gasteiger partial charge in [-0.15, -0.1) is 0 Å². The van der Waals surface area contributed by atoms with Crippen LogP contribution < -0.4 is 10.1 Å². The van der Waals surface area contributed by atoms with Crippen LogP contribution in [-0.2, 0) is 6.54 Å². The van der Waals surface area contributed by atoms with Crippen molar-refractivity contribution in [1.29, 1.82) is 0 Å². The van der Waals surface area contributed by atoms with Gasteiger partial charge in [0.05, 0.1) is 0 Å². The third-order valence-corrected chi connectivity index (χ3v) is 3.54. The van der Waals surface area contributed by atoms with Crippen LogP contribution in [0.5, 0.6) is 5.75 Å². The van der Waals surface area contributed by atoms with E-state index in [4.69, 9.17) is 16.3 Å². The number of hydrogen-bond acceptors (Lipinski definition) is 3. The minimum absolute atomic E-state index is 0.696. The van der Waals surface area contributed by atoms with Gasteiger partial charge in [-0.3, -0.25) is 0 Å². The number of ether oxygens (including phenoxy) is 1. The van der Waals surface area contributed by atoms with Crippen LogP contribution >= 0.6 is 11.6 Å². The molecule has 0 heterocycles. The van der Waals surface area contributed by atoms with Crippen molar-refractivity contribution in [2.75, 3.05) is 32.8 Å². The van der Waals surface area contributed by atoms with Gasteiger partial charge in [-0.2, -0.15) is 0 Å². The highest BCUT2D eigenvalue weighted by Crippen LogP contribution is 2.26. The van der Waals surface area contributed by atoms with E-state index < -0.39 is 0 Å². The van der Waals surface area contributed by atoms with Crippen LogP contribution in [-0.4, -0.2) is 37.7 Å². The minimum Gasteiger partial charge on any atom is -0.492 e. The highest BCUT2D eigenvalue weighted by molar-refractivity contribution is 6.31. The van der Waals surface area contributed by atoms with E-state index in [1.165, 1.54) is 0 Å². The zero-order chi connectivity index (χ0) is 14.1. The van der Waals surface area contributed by atoms with Gasteiger partial charge in [0.1, 0.15) is 12.4 Å². The van der Waals surface area contributed by atoms with Crippen molar-refractivity contribution in [3.63, 3.8) is 0 Å². The summed E-state index contributed by atoms with van der Waals surface area (Å²) in [4.78, 5) is 2.34. The van der Waals surface area contributed by atoms with E-state index in [0.717, 1.165) is 49.1 Å². The van der Waals surface area contributed by atoms with Crippen LogP contribution in [0, 0.1) is 0 Å². The Morgan fingerprint density at radius 1 is 1.21 bits per heavy atom. The summed E-state index contributed by atoms with van der Waals surface area (Å²) in [5.41, 5.74) is 1.05. The molecule has 0 amide bonds. The van der Waals surface area contributed by atoms with Crippen LogP contribution in [0.2, 0.25) is 5.02 Å². The maximum absolute atomic E-state index is 6.23. The lowest BCUT2D eigenvalue weighted by Gasteiger charge is -2.19. The number of nitrogens with zero attached hydrogens (tertiary/aromatic N) is 1. The van der Waals surface area contributed by atoms with E-state index in [1.807, 2.05) is 18.2 Å². The first-order valence-electron chi connectivity index (χ1n) is 7.06. The Morgan fingerprint density at radius 3 is 2.58 bits per heavy atom. The quantitative estimate of drug-likeness (QED) is 0.754. The maximum Gasteiger partial charge on any atom is 0.125 e. The first-order chi connectivity index (χ1) is 9.22. The topological polar surface area (TPSA) is 24.5 Å². The van der Waals surface area contributed by atoms with Gasteiger partial charge in [0.2, 0.25) is 0 Å². The third-order valence-electron chi connectivity index (χ3n) is 3.19. The standard InChI is InChI=1S/C15H25ClN2O/c1-4-17-12-13-14(16)8-7-9-15(13)19-11-10-18(5-2)6-3/h7-9,17H,4-6,10-12H2,1-3H3. The number of rotatable bonds is 9. The first-order valence-corrected chi connectivity index (χ1v) is 7.43. The van der Waals surface area contributed by atoms with E-state index in [0.29, 0.717) is 6.61 Å². The average Bonchev–Trinajstić information content (AvgIpc) is 2.43. The minimum atomic E-state index is 0.696. The lowest BCUT2D eigenvalue weighted by Crippen LogP contribution is -2.28. The van der Waals surface area contributed by atoms with E-state index in [1.54, 1.807) is 0 Å². The Morgan fingerprint density at radius 2 is 1.95 bits per heavy atom. The number of hydrogen-bond donors (Lipinski definition) is 1. The van der Waals surface area contributed by atoms with Gasteiger partial charge in [0, 0.05) is 23.7 Å². The van der Waals surface area contributed by atoms with Crippen LogP contribution in [0.15, 0.2) is 18.2 Å². The van der Waals surface area contributed by atoms with Crippen LogP contribution in [0.3, 0.4) is 0 Å². The van der Waals surface area contributed by atoms with Gasteiger partial charge in [-0.25, -0.2) is 0 Å². The molecule has 0 aliphatic rings. The summed E-state index contributed by atoms with van der Waals surface area (Å²) >= 11 is 6.23. The van der Waals surface area contributed by atoms with E-state index in [9.17, 15) is 0 Å². The molecule has 0 fully saturated rings. The molecule has 0 saturated heterocycles. The average molecular weight is 285 g/mol. The number of benzene rings is 1. The van der Waals surface area contributed by atoms with Gasteiger partial charge >= 0.3 is 0 Å². The summed E-state index contributed by atoms with van der Waals surface area (Å²) < 4.78 is 5.88. The Hall–Kier alpha value is -0.770. The summed E-state index contributed by atoms with van der Waals surface area (Å²) in [7, 11) is 0. The molecule has 0 aliphatic carbocycles. The lowest BCUT2D eigenvalue weighted by molar-refractivity contribution is 0.221. The predicted molar refractivity (Wildman–Crippen MR) is 82.1 cm³/mol. The van der Waals surface area contributed by atoms with Crippen molar-refractivity contribution >= 4 is 11.6 Å². The van der Waals surface area contributed by atoms with E-state index in [2.05, 4.69) is 31.0 Å². The second-order valence-corrected chi connectivity index (χ2v) is 4.78. The summed E-state index contributed by atoms with van der Waals surface area (Å²) in [5.74, 6) is 0.889. The first kappa shape index (κ1) is 16.3. The highest BCUT2D eigenvalue weighted by Gasteiger charge is 2.08. The van der Waals surface area contributed by atoms with E-state index >= 15 is 0 Å². The number of likely N-dealkylation sites (N-methyl/N-ethyl adjacent to an activating group) is 1. The molecular formula is C15H25ClN2O. The van der Waals surface area contributed by atoms with Crippen molar-refractivity contribution in [2.24, 2.45) is 0 Å². The maximum atomic E-state index is 6.23.